The van der Waals surface area contributed by atoms with E-state index in [0.29, 0.717) is 0 Å². The molecule has 0 saturated carbocycles. The van der Waals surface area contributed by atoms with E-state index >= 15 is 0 Å². The molecule has 0 amide bonds. The number of hydrogen-bond acceptors (Lipinski definition) is 2. The lowest BCUT2D eigenvalue weighted by Gasteiger charge is -1.91. The van der Waals surface area contributed by atoms with Crippen molar-refractivity contribution in [1.29, 1.82) is 5.26 Å². The Labute approximate surface area is 67.1 Å². The summed E-state index contributed by atoms with van der Waals surface area (Å²) in [7, 11) is 0. The van der Waals surface area contributed by atoms with Gasteiger partial charge in [-0.1, -0.05) is 13.3 Å². The number of allylic oxidation sites excluding steroid dienone is 1. The first kappa shape index (κ1) is 9.58. The second kappa shape index (κ2) is 6.70. The minimum absolute atomic E-state index is 0.807. The standard InChI is InChI=1S/C8H13NS/c1-3-4-5-10-7-8(2)6-9/h7H,3-5H2,1-2H3/b8-7-. The maximum atomic E-state index is 8.36. The van der Waals surface area contributed by atoms with Crippen molar-refractivity contribution in [3.05, 3.63) is 11.0 Å². The van der Waals surface area contributed by atoms with Crippen LogP contribution in [-0.2, 0) is 0 Å². The first-order valence-corrected chi connectivity index (χ1v) is 4.54. The van der Waals surface area contributed by atoms with Gasteiger partial charge in [-0.25, -0.2) is 0 Å². The first-order chi connectivity index (χ1) is 4.81. The predicted octanol–water partition coefficient (Wildman–Crippen LogP) is 2.95. The Kier molecular flexibility index (Phi) is 6.42. The molecule has 0 rings (SSSR count). The molecule has 0 aliphatic heterocycles. The van der Waals surface area contributed by atoms with Crippen LogP contribution in [-0.4, -0.2) is 5.75 Å². The zero-order valence-electron chi connectivity index (χ0n) is 6.55. The van der Waals surface area contributed by atoms with Gasteiger partial charge in [-0.05, 0) is 24.5 Å². The molecule has 0 saturated heterocycles. The zero-order valence-corrected chi connectivity index (χ0v) is 7.37. The lowest BCUT2D eigenvalue weighted by atomic mass is 10.4. The molecule has 0 fully saturated rings. The zero-order chi connectivity index (χ0) is 7.82. The van der Waals surface area contributed by atoms with Crippen LogP contribution in [0.2, 0.25) is 0 Å². The van der Waals surface area contributed by atoms with Crippen molar-refractivity contribution in [2.24, 2.45) is 0 Å². The highest BCUT2D eigenvalue weighted by molar-refractivity contribution is 8.02. The van der Waals surface area contributed by atoms with E-state index in [1.165, 1.54) is 12.8 Å². The van der Waals surface area contributed by atoms with Crippen LogP contribution >= 0.6 is 11.8 Å². The first-order valence-electron chi connectivity index (χ1n) is 3.49. The molecule has 1 nitrogen and oxygen atoms in total. The molecular weight excluding hydrogens is 142 g/mol. The molecule has 0 aromatic carbocycles. The largest absolute Gasteiger partial charge is 0.193 e. The van der Waals surface area contributed by atoms with Gasteiger partial charge in [0.2, 0.25) is 0 Å². The molecule has 0 bridgehead atoms. The molecule has 0 aromatic rings. The fraction of sp³-hybridized carbons (Fsp3) is 0.625. The summed E-state index contributed by atoms with van der Waals surface area (Å²) in [6, 6.07) is 2.08. The predicted molar refractivity (Wildman–Crippen MR) is 46.7 cm³/mol. The molecule has 0 aliphatic rings. The Balaban J connectivity index is 3.27. The highest BCUT2D eigenvalue weighted by Gasteiger charge is 1.84. The Morgan fingerprint density at radius 3 is 2.90 bits per heavy atom. The second-order valence-corrected chi connectivity index (χ2v) is 3.11. The van der Waals surface area contributed by atoms with E-state index in [1.54, 1.807) is 11.8 Å². The van der Waals surface area contributed by atoms with E-state index < -0.39 is 0 Å². The Morgan fingerprint density at radius 2 is 2.40 bits per heavy atom. The van der Waals surface area contributed by atoms with Crippen LogP contribution < -0.4 is 0 Å². The van der Waals surface area contributed by atoms with Crippen molar-refractivity contribution in [3.63, 3.8) is 0 Å². The van der Waals surface area contributed by atoms with Gasteiger partial charge in [0.05, 0.1) is 6.07 Å². The van der Waals surface area contributed by atoms with E-state index in [0.717, 1.165) is 11.3 Å². The van der Waals surface area contributed by atoms with Gasteiger partial charge >= 0.3 is 0 Å². The number of rotatable bonds is 4. The molecule has 0 unspecified atom stereocenters. The van der Waals surface area contributed by atoms with Crippen LogP contribution in [0.1, 0.15) is 26.7 Å². The molecular formula is C8H13NS. The van der Waals surface area contributed by atoms with Gasteiger partial charge in [-0.2, -0.15) is 5.26 Å². The van der Waals surface area contributed by atoms with Crippen LogP contribution in [0.4, 0.5) is 0 Å². The van der Waals surface area contributed by atoms with Crippen molar-refractivity contribution >= 4 is 11.8 Å². The van der Waals surface area contributed by atoms with E-state index in [9.17, 15) is 0 Å². The van der Waals surface area contributed by atoms with Crippen LogP contribution in [0.3, 0.4) is 0 Å². The Morgan fingerprint density at radius 1 is 1.70 bits per heavy atom. The van der Waals surface area contributed by atoms with Gasteiger partial charge in [-0.15, -0.1) is 11.8 Å². The number of nitriles is 1. The maximum Gasteiger partial charge on any atom is 0.0949 e. The van der Waals surface area contributed by atoms with Gasteiger partial charge in [0.25, 0.3) is 0 Å². The summed E-state index contributed by atoms with van der Waals surface area (Å²) in [6.07, 6.45) is 2.46. The van der Waals surface area contributed by atoms with Gasteiger partial charge in [-0.3, -0.25) is 0 Å². The van der Waals surface area contributed by atoms with Crippen molar-refractivity contribution in [2.75, 3.05) is 5.75 Å². The quantitative estimate of drug-likeness (QED) is 0.460. The topological polar surface area (TPSA) is 23.8 Å². The lowest BCUT2D eigenvalue weighted by Crippen LogP contribution is -1.73. The molecule has 2 heteroatoms. The molecule has 0 aromatic heterocycles. The van der Waals surface area contributed by atoms with Gasteiger partial charge in [0, 0.05) is 5.57 Å². The number of nitrogens with zero attached hydrogens (tertiary/aromatic N) is 1. The van der Waals surface area contributed by atoms with Crippen LogP contribution in [0.25, 0.3) is 0 Å². The summed E-state index contributed by atoms with van der Waals surface area (Å²) in [5.41, 5.74) is 0.807. The highest BCUT2D eigenvalue weighted by Crippen LogP contribution is 2.08. The van der Waals surface area contributed by atoms with E-state index in [-0.39, 0.29) is 0 Å². The van der Waals surface area contributed by atoms with Gasteiger partial charge in [0.15, 0.2) is 0 Å². The minimum atomic E-state index is 0.807. The smallest absolute Gasteiger partial charge is 0.0949 e. The summed E-state index contributed by atoms with van der Waals surface area (Å²) in [5.74, 6) is 1.13. The van der Waals surface area contributed by atoms with Gasteiger partial charge in [0.1, 0.15) is 0 Å². The average Bonchev–Trinajstić information content (AvgIpc) is 1.98. The van der Waals surface area contributed by atoms with Crippen molar-refractivity contribution in [2.45, 2.75) is 26.7 Å². The Bertz CT molecular complexity index is 144. The fourth-order valence-corrected chi connectivity index (χ4v) is 1.31. The minimum Gasteiger partial charge on any atom is -0.193 e. The third-order valence-electron chi connectivity index (χ3n) is 1.05. The fourth-order valence-electron chi connectivity index (χ4n) is 0.438. The summed E-state index contributed by atoms with van der Waals surface area (Å²) in [4.78, 5) is 0. The Hall–Kier alpha value is -0.420. The van der Waals surface area contributed by atoms with E-state index in [2.05, 4.69) is 13.0 Å². The molecule has 0 atom stereocenters. The molecule has 0 radical (unpaired) electrons. The van der Waals surface area contributed by atoms with Crippen LogP contribution in [0.15, 0.2) is 11.0 Å². The summed E-state index contributed by atoms with van der Waals surface area (Å²) < 4.78 is 0. The second-order valence-electron chi connectivity index (χ2n) is 2.14. The lowest BCUT2D eigenvalue weighted by molar-refractivity contribution is 0.897. The summed E-state index contributed by atoms with van der Waals surface area (Å²) in [6.45, 7) is 4.00. The molecule has 0 spiro atoms. The highest BCUT2D eigenvalue weighted by atomic mass is 32.2. The third kappa shape index (κ3) is 5.71. The summed E-state index contributed by atoms with van der Waals surface area (Å²) >= 11 is 1.73. The average molecular weight is 155 g/mol. The molecule has 0 aliphatic carbocycles. The van der Waals surface area contributed by atoms with E-state index in [1.807, 2.05) is 12.3 Å². The van der Waals surface area contributed by atoms with Crippen LogP contribution in [0, 0.1) is 11.3 Å². The summed E-state index contributed by atoms with van der Waals surface area (Å²) in [5, 5.41) is 10.3. The molecule has 10 heavy (non-hydrogen) atoms. The van der Waals surface area contributed by atoms with Gasteiger partial charge < -0.3 is 0 Å². The normalized spacial score (nSPS) is 11.1. The van der Waals surface area contributed by atoms with Crippen molar-refractivity contribution < 1.29 is 0 Å². The van der Waals surface area contributed by atoms with Crippen LogP contribution in [0.5, 0.6) is 0 Å². The monoisotopic (exact) mass is 155 g/mol. The van der Waals surface area contributed by atoms with E-state index in [4.69, 9.17) is 5.26 Å². The molecule has 0 heterocycles. The number of thioether (sulfide) groups is 1. The number of unbranched alkanes of at least 4 members (excludes halogenated alkanes) is 1. The molecule has 0 N–H and O–H groups in total. The SMILES string of the molecule is CCCCS/C=C(/C)C#N. The number of hydrogen-bond donors (Lipinski definition) is 0. The van der Waals surface area contributed by atoms with Crippen molar-refractivity contribution in [1.82, 2.24) is 0 Å². The van der Waals surface area contributed by atoms with Crippen molar-refractivity contribution in [3.8, 4) is 6.07 Å². The maximum absolute atomic E-state index is 8.36. The molecule has 56 valence electrons. The third-order valence-corrected chi connectivity index (χ3v) is 2.10.